The highest BCUT2D eigenvalue weighted by atomic mass is 19.1. The fourth-order valence-corrected chi connectivity index (χ4v) is 1.16. The highest BCUT2D eigenvalue weighted by Crippen LogP contribution is 2.22. The molecule has 0 radical (unpaired) electrons. The van der Waals surface area contributed by atoms with Crippen molar-refractivity contribution in [2.45, 2.75) is 13.8 Å². The lowest BCUT2D eigenvalue weighted by atomic mass is 10.1. The first-order chi connectivity index (χ1) is 6.93. The van der Waals surface area contributed by atoms with Crippen molar-refractivity contribution >= 4 is 17.6 Å². The normalized spacial score (nSPS) is 9.80. The Morgan fingerprint density at radius 2 is 2.00 bits per heavy atom. The molecule has 5 heteroatoms. The molecule has 80 valence electrons. The number of nitrogens with one attached hydrogen (secondary N) is 1. The van der Waals surface area contributed by atoms with Crippen molar-refractivity contribution in [2.24, 2.45) is 0 Å². The van der Waals surface area contributed by atoms with Gasteiger partial charge in [0.15, 0.2) is 5.82 Å². The number of hydrogen-bond acceptors (Lipinski definition) is 2. The van der Waals surface area contributed by atoms with Crippen LogP contribution in [0.5, 0.6) is 0 Å². The van der Waals surface area contributed by atoms with Crippen LogP contribution in [0.2, 0.25) is 0 Å². The van der Waals surface area contributed by atoms with Crippen LogP contribution in [-0.2, 0) is 4.79 Å². The predicted molar refractivity (Wildman–Crippen MR) is 52.4 cm³/mol. The first-order valence-corrected chi connectivity index (χ1v) is 4.23. The summed E-state index contributed by atoms with van der Waals surface area (Å²) in [5, 5.41) is 10.9. The zero-order chi connectivity index (χ0) is 11.6. The molecule has 0 saturated heterocycles. The fourth-order valence-electron chi connectivity index (χ4n) is 1.16. The molecule has 0 saturated carbocycles. The number of hydrogen-bond donors (Lipinski definition) is 2. The lowest BCUT2D eigenvalue weighted by Crippen LogP contribution is -2.13. The van der Waals surface area contributed by atoms with Crippen LogP contribution in [0, 0.1) is 12.7 Å². The molecule has 0 spiro atoms. The second kappa shape index (κ2) is 4.08. The third kappa shape index (κ3) is 2.31. The monoisotopic (exact) mass is 211 g/mol. The average molecular weight is 211 g/mol. The topological polar surface area (TPSA) is 66.4 Å². The largest absolute Gasteiger partial charge is 0.478 e. The summed E-state index contributed by atoms with van der Waals surface area (Å²) in [6, 6.07) is 2.61. The van der Waals surface area contributed by atoms with E-state index in [9.17, 15) is 14.0 Å². The number of benzene rings is 1. The Bertz CT molecular complexity index is 429. The van der Waals surface area contributed by atoms with Crippen LogP contribution in [0.4, 0.5) is 10.1 Å². The van der Waals surface area contributed by atoms with Gasteiger partial charge in [0, 0.05) is 6.92 Å². The SMILES string of the molecule is CC(=O)Nc1c(C(=O)O)ccc(C)c1F. The van der Waals surface area contributed by atoms with Crippen LogP contribution in [0.3, 0.4) is 0 Å². The van der Waals surface area contributed by atoms with Gasteiger partial charge in [0.1, 0.15) is 0 Å². The van der Waals surface area contributed by atoms with E-state index in [1.807, 2.05) is 0 Å². The molecule has 1 rings (SSSR count). The molecule has 4 nitrogen and oxygen atoms in total. The van der Waals surface area contributed by atoms with Gasteiger partial charge >= 0.3 is 5.97 Å². The van der Waals surface area contributed by atoms with Crippen LogP contribution < -0.4 is 5.32 Å². The third-order valence-electron chi connectivity index (χ3n) is 1.87. The molecule has 0 aliphatic heterocycles. The van der Waals surface area contributed by atoms with Crippen molar-refractivity contribution in [1.29, 1.82) is 0 Å². The van der Waals surface area contributed by atoms with Crippen molar-refractivity contribution in [2.75, 3.05) is 5.32 Å². The Labute approximate surface area is 85.7 Å². The molecule has 15 heavy (non-hydrogen) atoms. The molecule has 0 bridgehead atoms. The molecule has 0 aromatic heterocycles. The van der Waals surface area contributed by atoms with Gasteiger partial charge in [-0.2, -0.15) is 0 Å². The molecule has 1 amide bonds. The maximum Gasteiger partial charge on any atom is 0.337 e. The summed E-state index contributed by atoms with van der Waals surface area (Å²) in [5.74, 6) is -2.51. The van der Waals surface area contributed by atoms with Gasteiger partial charge in [-0.25, -0.2) is 9.18 Å². The van der Waals surface area contributed by atoms with E-state index in [4.69, 9.17) is 5.11 Å². The van der Waals surface area contributed by atoms with Crippen LogP contribution in [0.1, 0.15) is 22.8 Å². The second-order valence-corrected chi connectivity index (χ2v) is 3.11. The van der Waals surface area contributed by atoms with Crippen molar-refractivity contribution < 1.29 is 19.1 Å². The minimum atomic E-state index is -1.28. The number of carboxylic acids is 1. The molecule has 1 aromatic carbocycles. The van der Waals surface area contributed by atoms with Gasteiger partial charge in [0.05, 0.1) is 11.3 Å². The molecule has 0 atom stereocenters. The second-order valence-electron chi connectivity index (χ2n) is 3.11. The summed E-state index contributed by atoms with van der Waals surface area (Å²) in [5.41, 5.74) is -0.257. The van der Waals surface area contributed by atoms with Crippen molar-refractivity contribution in [1.82, 2.24) is 0 Å². The molecular weight excluding hydrogens is 201 g/mol. The highest BCUT2D eigenvalue weighted by molar-refractivity contribution is 6.00. The van der Waals surface area contributed by atoms with Crippen molar-refractivity contribution in [3.05, 3.63) is 29.1 Å². The summed E-state index contributed by atoms with van der Waals surface area (Å²) in [4.78, 5) is 21.5. The Balaban J connectivity index is 3.34. The number of carboxylic acid groups (broad SMARTS) is 1. The zero-order valence-electron chi connectivity index (χ0n) is 8.30. The lowest BCUT2D eigenvalue weighted by Gasteiger charge is -2.09. The van der Waals surface area contributed by atoms with Crippen LogP contribution >= 0.6 is 0 Å². The van der Waals surface area contributed by atoms with E-state index >= 15 is 0 Å². The Kier molecular flexibility index (Phi) is 3.04. The first-order valence-electron chi connectivity index (χ1n) is 4.23. The Morgan fingerprint density at radius 1 is 1.40 bits per heavy atom. The van der Waals surface area contributed by atoms with E-state index in [-0.39, 0.29) is 16.8 Å². The van der Waals surface area contributed by atoms with Gasteiger partial charge in [0.25, 0.3) is 0 Å². The van der Waals surface area contributed by atoms with Gasteiger partial charge in [-0.05, 0) is 18.6 Å². The summed E-state index contributed by atoms with van der Waals surface area (Å²) >= 11 is 0. The van der Waals surface area contributed by atoms with E-state index in [0.717, 1.165) is 0 Å². The van der Waals surface area contributed by atoms with Crippen molar-refractivity contribution in [3.8, 4) is 0 Å². The van der Waals surface area contributed by atoms with Gasteiger partial charge < -0.3 is 10.4 Å². The molecule has 2 N–H and O–H groups in total. The summed E-state index contributed by atoms with van der Waals surface area (Å²) < 4.78 is 13.5. The molecule has 0 heterocycles. The predicted octanol–water partition coefficient (Wildman–Crippen LogP) is 1.79. The maximum atomic E-state index is 13.5. The van der Waals surface area contributed by atoms with Gasteiger partial charge in [-0.3, -0.25) is 4.79 Å². The number of halogens is 1. The molecule has 0 fully saturated rings. The standard InChI is InChI=1S/C10H10FNO3/c1-5-3-4-7(10(14)15)9(8(5)11)12-6(2)13/h3-4H,1-2H3,(H,12,13)(H,14,15). The summed E-state index contributed by atoms with van der Waals surface area (Å²) in [6.07, 6.45) is 0. The summed E-state index contributed by atoms with van der Waals surface area (Å²) in [7, 11) is 0. The number of carbonyl (C=O) groups is 2. The quantitative estimate of drug-likeness (QED) is 0.783. The third-order valence-corrected chi connectivity index (χ3v) is 1.87. The van der Waals surface area contributed by atoms with Crippen LogP contribution in [-0.4, -0.2) is 17.0 Å². The van der Waals surface area contributed by atoms with E-state index in [2.05, 4.69) is 5.32 Å². The van der Waals surface area contributed by atoms with Gasteiger partial charge in [-0.15, -0.1) is 0 Å². The minimum absolute atomic E-state index is 0.256. The Hall–Kier alpha value is -1.91. The van der Waals surface area contributed by atoms with E-state index in [1.165, 1.54) is 26.0 Å². The molecular formula is C10H10FNO3. The van der Waals surface area contributed by atoms with Crippen LogP contribution in [0.25, 0.3) is 0 Å². The van der Waals surface area contributed by atoms with Crippen molar-refractivity contribution in [3.63, 3.8) is 0 Å². The number of amides is 1. The smallest absolute Gasteiger partial charge is 0.337 e. The van der Waals surface area contributed by atoms with Crippen LogP contribution in [0.15, 0.2) is 12.1 Å². The number of aryl methyl sites for hydroxylation is 1. The van der Waals surface area contributed by atoms with Gasteiger partial charge in [0.2, 0.25) is 5.91 Å². The Morgan fingerprint density at radius 3 is 2.47 bits per heavy atom. The first kappa shape index (κ1) is 11.2. The number of carbonyl (C=O) groups excluding carboxylic acids is 1. The maximum absolute atomic E-state index is 13.5. The highest BCUT2D eigenvalue weighted by Gasteiger charge is 2.16. The van der Waals surface area contributed by atoms with E-state index in [1.54, 1.807) is 0 Å². The lowest BCUT2D eigenvalue weighted by molar-refractivity contribution is -0.114. The summed E-state index contributed by atoms with van der Waals surface area (Å²) in [6.45, 7) is 2.68. The fraction of sp³-hybridized carbons (Fsp3) is 0.200. The molecule has 1 aromatic rings. The molecule has 0 aliphatic rings. The number of rotatable bonds is 2. The zero-order valence-corrected chi connectivity index (χ0v) is 8.30. The minimum Gasteiger partial charge on any atom is -0.478 e. The number of anilines is 1. The van der Waals surface area contributed by atoms with E-state index in [0.29, 0.717) is 0 Å². The van der Waals surface area contributed by atoms with E-state index < -0.39 is 17.7 Å². The number of aromatic carboxylic acids is 1. The average Bonchev–Trinajstić information content (AvgIpc) is 2.12. The molecule has 0 aliphatic carbocycles. The molecule has 0 unspecified atom stereocenters. The van der Waals surface area contributed by atoms with Gasteiger partial charge in [-0.1, -0.05) is 6.07 Å².